The first-order valence-electron chi connectivity index (χ1n) is 6.25. The zero-order valence-corrected chi connectivity index (χ0v) is 12.7. The van der Waals surface area contributed by atoms with Gasteiger partial charge < -0.3 is 4.90 Å². The number of rotatable bonds is 5. The maximum absolute atomic E-state index is 12.4. The largest absolute Gasteiger partial charge is 0.338 e. The second-order valence-corrected chi connectivity index (χ2v) is 8.04. The molecule has 0 aromatic carbocycles. The first-order valence-corrected chi connectivity index (χ1v) is 8.21. The normalized spacial score (nSPS) is 19.4. The van der Waals surface area contributed by atoms with Crippen LogP contribution in [-0.4, -0.2) is 23.9 Å². The van der Waals surface area contributed by atoms with Crippen LogP contribution in [-0.2, 0) is 0 Å². The van der Waals surface area contributed by atoms with E-state index in [1.807, 2.05) is 11.4 Å². The number of thiophene rings is 1. The molecule has 17 heavy (non-hydrogen) atoms. The molecule has 1 heterocycles. The van der Waals surface area contributed by atoms with Crippen molar-refractivity contribution in [2.75, 3.05) is 13.1 Å². The highest BCUT2D eigenvalue weighted by atomic mass is 127. The van der Waals surface area contributed by atoms with Crippen molar-refractivity contribution in [3.05, 3.63) is 19.9 Å². The van der Waals surface area contributed by atoms with Crippen LogP contribution in [0.25, 0.3) is 0 Å². The molecule has 1 aromatic rings. The molecule has 0 saturated heterocycles. The van der Waals surface area contributed by atoms with Crippen LogP contribution in [0.2, 0.25) is 0 Å². The molecule has 4 heteroatoms. The van der Waals surface area contributed by atoms with E-state index < -0.39 is 0 Å². The minimum atomic E-state index is 0.253. The molecule has 1 amide bonds. The van der Waals surface area contributed by atoms with Gasteiger partial charge in [0.05, 0.1) is 8.45 Å². The van der Waals surface area contributed by atoms with Gasteiger partial charge in [0.1, 0.15) is 0 Å². The van der Waals surface area contributed by atoms with Crippen LogP contribution in [0.5, 0.6) is 0 Å². The summed E-state index contributed by atoms with van der Waals surface area (Å²) in [5.41, 5.74) is 0.890. The molecule has 0 unspecified atom stereocenters. The third-order valence-corrected chi connectivity index (χ3v) is 5.24. The van der Waals surface area contributed by atoms with E-state index in [-0.39, 0.29) is 5.91 Å². The monoisotopic (exact) mass is 361 g/mol. The van der Waals surface area contributed by atoms with E-state index in [0.29, 0.717) is 0 Å². The van der Waals surface area contributed by atoms with Gasteiger partial charge in [-0.2, -0.15) is 0 Å². The lowest BCUT2D eigenvalue weighted by Crippen LogP contribution is -2.34. The first-order chi connectivity index (χ1) is 8.22. The summed E-state index contributed by atoms with van der Waals surface area (Å²) in [6, 6.07) is 2.01. The summed E-state index contributed by atoms with van der Waals surface area (Å²) >= 11 is 3.94. The average molecular weight is 361 g/mol. The van der Waals surface area contributed by atoms with Gasteiger partial charge in [-0.25, -0.2) is 0 Å². The molecule has 0 bridgehead atoms. The van der Waals surface area contributed by atoms with Crippen molar-refractivity contribution >= 4 is 39.8 Å². The van der Waals surface area contributed by atoms with Gasteiger partial charge in [-0.1, -0.05) is 0 Å². The second-order valence-electron chi connectivity index (χ2n) is 5.24. The summed E-state index contributed by atoms with van der Waals surface area (Å²) in [5, 5.41) is 2.00. The first kappa shape index (κ1) is 12.0. The lowest BCUT2D eigenvalue weighted by molar-refractivity contribution is 0.0740. The van der Waals surface area contributed by atoms with E-state index in [9.17, 15) is 4.79 Å². The summed E-state index contributed by atoms with van der Waals surface area (Å²) < 4.78 is 1.20. The molecular weight excluding hydrogens is 345 g/mol. The predicted molar refractivity (Wildman–Crippen MR) is 78.4 cm³/mol. The molecule has 0 aliphatic heterocycles. The van der Waals surface area contributed by atoms with Gasteiger partial charge in [-0.15, -0.1) is 11.3 Å². The second kappa shape index (κ2) is 4.88. The number of carbonyl (C=O) groups is 1. The quantitative estimate of drug-likeness (QED) is 0.734. The summed E-state index contributed by atoms with van der Waals surface area (Å²) in [6.45, 7) is 1.98. The standard InChI is InChI=1S/C13H16INOS/c14-12-5-11(8-17-12)13(16)15(6-9-1-2-9)7-10-3-4-10/h5,8-10H,1-4,6-7H2. The van der Waals surface area contributed by atoms with Gasteiger partial charge >= 0.3 is 0 Å². The molecule has 1 aromatic heterocycles. The molecule has 92 valence electrons. The Bertz CT molecular complexity index is 409. The molecule has 2 saturated carbocycles. The highest BCUT2D eigenvalue weighted by Gasteiger charge is 2.32. The maximum Gasteiger partial charge on any atom is 0.254 e. The summed E-state index contributed by atoms with van der Waals surface area (Å²) in [5.74, 6) is 1.83. The van der Waals surface area contributed by atoms with Gasteiger partial charge in [0.2, 0.25) is 0 Å². The van der Waals surface area contributed by atoms with Crippen molar-refractivity contribution < 1.29 is 4.79 Å². The molecule has 0 radical (unpaired) electrons. The van der Waals surface area contributed by atoms with Crippen molar-refractivity contribution in [1.82, 2.24) is 4.90 Å². The fourth-order valence-corrected chi connectivity index (χ4v) is 3.39. The fourth-order valence-electron chi connectivity index (χ4n) is 2.07. The minimum Gasteiger partial charge on any atom is -0.338 e. The van der Waals surface area contributed by atoms with E-state index in [2.05, 4.69) is 27.5 Å². The minimum absolute atomic E-state index is 0.253. The Labute approximate surface area is 120 Å². The highest BCUT2D eigenvalue weighted by Crippen LogP contribution is 2.34. The van der Waals surface area contributed by atoms with E-state index in [4.69, 9.17) is 0 Å². The Morgan fingerprint density at radius 3 is 2.29 bits per heavy atom. The Morgan fingerprint density at radius 2 is 1.88 bits per heavy atom. The molecule has 0 atom stereocenters. The Balaban J connectivity index is 1.69. The van der Waals surface area contributed by atoms with Crippen LogP contribution in [0.15, 0.2) is 11.4 Å². The fraction of sp³-hybridized carbons (Fsp3) is 0.615. The molecule has 2 nitrogen and oxygen atoms in total. The van der Waals surface area contributed by atoms with E-state index in [0.717, 1.165) is 30.5 Å². The predicted octanol–water partition coefficient (Wildman–Crippen LogP) is 3.61. The summed E-state index contributed by atoms with van der Waals surface area (Å²) in [7, 11) is 0. The number of hydrogen-bond donors (Lipinski definition) is 0. The molecule has 2 aliphatic rings. The lowest BCUT2D eigenvalue weighted by atomic mass is 10.2. The maximum atomic E-state index is 12.4. The van der Waals surface area contributed by atoms with Gasteiger partial charge in [0, 0.05) is 18.5 Å². The molecular formula is C13H16INOS. The highest BCUT2D eigenvalue weighted by molar-refractivity contribution is 14.1. The molecule has 3 rings (SSSR count). The smallest absolute Gasteiger partial charge is 0.254 e. The van der Waals surface area contributed by atoms with Crippen molar-refractivity contribution in [3.63, 3.8) is 0 Å². The molecule has 0 spiro atoms. The summed E-state index contributed by atoms with van der Waals surface area (Å²) in [4.78, 5) is 14.5. The van der Waals surface area contributed by atoms with Crippen LogP contribution >= 0.6 is 33.9 Å². The Morgan fingerprint density at radius 1 is 1.29 bits per heavy atom. The van der Waals surface area contributed by atoms with Gasteiger partial charge in [-0.3, -0.25) is 4.79 Å². The Kier molecular flexibility index (Phi) is 3.43. The van der Waals surface area contributed by atoms with Crippen LogP contribution in [0.1, 0.15) is 36.0 Å². The lowest BCUT2D eigenvalue weighted by Gasteiger charge is -2.22. The number of amides is 1. The number of carbonyl (C=O) groups excluding carboxylic acids is 1. The van der Waals surface area contributed by atoms with Crippen molar-refractivity contribution in [2.45, 2.75) is 25.7 Å². The van der Waals surface area contributed by atoms with Crippen molar-refractivity contribution in [1.29, 1.82) is 0 Å². The van der Waals surface area contributed by atoms with E-state index in [1.165, 1.54) is 28.6 Å². The van der Waals surface area contributed by atoms with E-state index >= 15 is 0 Å². The Hall–Kier alpha value is -0.100. The van der Waals surface area contributed by atoms with Crippen LogP contribution < -0.4 is 0 Å². The zero-order valence-electron chi connectivity index (χ0n) is 9.69. The number of halogens is 1. The van der Waals surface area contributed by atoms with Crippen LogP contribution in [0.3, 0.4) is 0 Å². The van der Waals surface area contributed by atoms with Crippen LogP contribution in [0.4, 0.5) is 0 Å². The topological polar surface area (TPSA) is 20.3 Å². The summed E-state index contributed by atoms with van der Waals surface area (Å²) in [6.07, 6.45) is 5.26. The third kappa shape index (κ3) is 3.22. The van der Waals surface area contributed by atoms with Crippen molar-refractivity contribution in [3.8, 4) is 0 Å². The van der Waals surface area contributed by atoms with Gasteiger partial charge in [0.15, 0.2) is 0 Å². The van der Waals surface area contributed by atoms with Gasteiger partial charge in [0.25, 0.3) is 5.91 Å². The average Bonchev–Trinajstić information content (AvgIpc) is 3.21. The third-order valence-electron chi connectivity index (χ3n) is 3.45. The number of hydrogen-bond acceptors (Lipinski definition) is 2. The molecule has 2 aliphatic carbocycles. The van der Waals surface area contributed by atoms with Crippen molar-refractivity contribution in [2.24, 2.45) is 11.8 Å². The van der Waals surface area contributed by atoms with E-state index in [1.54, 1.807) is 11.3 Å². The molecule has 2 fully saturated rings. The van der Waals surface area contributed by atoms with Crippen LogP contribution in [0, 0.1) is 14.7 Å². The SMILES string of the molecule is O=C(c1csc(I)c1)N(CC1CC1)CC1CC1. The molecule has 0 N–H and O–H groups in total. The zero-order chi connectivity index (χ0) is 11.8. The number of nitrogens with zero attached hydrogens (tertiary/aromatic N) is 1. The van der Waals surface area contributed by atoms with Gasteiger partial charge in [-0.05, 0) is 66.2 Å².